The topological polar surface area (TPSA) is 18.5 Å². The zero-order valence-corrected chi connectivity index (χ0v) is 25.3. The van der Waals surface area contributed by atoms with Crippen molar-refractivity contribution in [1.29, 1.82) is 0 Å². The summed E-state index contributed by atoms with van der Waals surface area (Å²) in [5, 5.41) is 6.88. The van der Waals surface area contributed by atoms with E-state index in [1.807, 2.05) is 0 Å². The molecule has 0 bridgehead atoms. The Kier molecular flexibility index (Phi) is 8.30. The van der Waals surface area contributed by atoms with E-state index in [0.717, 1.165) is 18.6 Å². The Morgan fingerprint density at radius 3 is 1.62 bits per heavy atom. The first kappa shape index (κ1) is 27.3. The fraction of sp³-hybridized carbons (Fsp3) is 0.158. The molecule has 7 rings (SSSR count). The monoisotopic (exact) mass is 584 g/mol. The van der Waals surface area contributed by atoms with Gasteiger partial charge in [-0.1, -0.05) is 140 Å². The van der Waals surface area contributed by atoms with E-state index in [1.165, 1.54) is 37.7 Å². The number of fused-ring (bicyclic) bond motifs is 2. The molecule has 0 saturated carbocycles. The Labute approximate surface area is 251 Å². The highest BCUT2D eigenvalue weighted by molar-refractivity contribution is 7.77. The summed E-state index contributed by atoms with van der Waals surface area (Å²) in [6.45, 7) is 1.16. The highest BCUT2D eigenvalue weighted by Gasteiger charge is 2.39. The summed E-state index contributed by atoms with van der Waals surface area (Å²) in [5.74, 6) is 1.03. The van der Waals surface area contributed by atoms with Crippen molar-refractivity contribution in [3.8, 4) is 0 Å². The molecule has 0 radical (unpaired) electrons. The quantitative estimate of drug-likeness (QED) is 0.219. The van der Waals surface area contributed by atoms with Gasteiger partial charge in [-0.2, -0.15) is 0 Å². The molecule has 4 heteroatoms. The van der Waals surface area contributed by atoms with E-state index >= 15 is 0 Å². The van der Waals surface area contributed by atoms with Crippen LogP contribution in [0.5, 0.6) is 0 Å². The van der Waals surface area contributed by atoms with Gasteiger partial charge >= 0.3 is 0 Å². The fourth-order valence-corrected chi connectivity index (χ4v) is 11.7. The molecule has 2 nitrogen and oxygen atoms in total. The van der Waals surface area contributed by atoms with E-state index in [2.05, 4.69) is 146 Å². The highest BCUT2D eigenvalue weighted by Crippen LogP contribution is 2.55. The van der Waals surface area contributed by atoms with Gasteiger partial charge in [0.05, 0.1) is 12.7 Å². The molecule has 4 aromatic rings. The lowest BCUT2D eigenvalue weighted by Crippen LogP contribution is -2.33. The first-order valence-electron chi connectivity index (χ1n) is 14.7. The number of allylic oxidation sites excluding steroid dienone is 4. The Bertz CT molecular complexity index is 1550. The van der Waals surface area contributed by atoms with Crippen LogP contribution in [0.3, 0.4) is 0 Å². The van der Waals surface area contributed by atoms with Gasteiger partial charge in [-0.05, 0) is 66.9 Å². The molecule has 0 unspecified atom stereocenters. The number of hydrogen-bond donors (Lipinski definition) is 0. The summed E-state index contributed by atoms with van der Waals surface area (Å²) in [6, 6.07) is 44.3. The lowest BCUT2D eigenvalue weighted by atomic mass is 9.87. The average molecular weight is 585 g/mol. The van der Waals surface area contributed by atoms with Crippen LogP contribution in [0.2, 0.25) is 0 Å². The SMILES string of the molecule is C1=CC(P(c2ccccc2)c2ccccc2)=C2C3=C(C=CC[C@@H]3P(c3ccccc3)c3ccccc3)OCCO[C@H]2C1. The second kappa shape index (κ2) is 12.8. The molecule has 1 heterocycles. The van der Waals surface area contributed by atoms with Gasteiger partial charge in [-0.15, -0.1) is 0 Å². The molecule has 0 amide bonds. The fourth-order valence-electron chi connectivity index (χ4n) is 6.29. The Morgan fingerprint density at radius 2 is 1.05 bits per heavy atom. The second-order valence-electron chi connectivity index (χ2n) is 10.6. The molecule has 4 aromatic carbocycles. The third-order valence-electron chi connectivity index (χ3n) is 8.05. The van der Waals surface area contributed by atoms with Gasteiger partial charge in [-0.3, -0.25) is 0 Å². The summed E-state index contributed by atoms with van der Waals surface area (Å²) < 4.78 is 13.2. The Balaban J connectivity index is 1.48. The number of ether oxygens (including phenoxy) is 2. The summed E-state index contributed by atoms with van der Waals surface area (Å²) in [5.41, 5.74) is 2.97. The molecule has 3 aliphatic rings. The van der Waals surface area contributed by atoms with Gasteiger partial charge in [0.2, 0.25) is 0 Å². The predicted octanol–water partition coefficient (Wildman–Crippen LogP) is 7.46. The number of rotatable bonds is 6. The molecule has 0 fully saturated rings. The van der Waals surface area contributed by atoms with Crippen molar-refractivity contribution in [3.63, 3.8) is 0 Å². The molecule has 2 atom stereocenters. The smallest absolute Gasteiger partial charge is 0.123 e. The minimum Gasteiger partial charge on any atom is -0.491 e. The third-order valence-corrected chi connectivity index (χ3v) is 13.4. The van der Waals surface area contributed by atoms with Gasteiger partial charge in [0.1, 0.15) is 12.4 Å². The maximum atomic E-state index is 6.65. The standard InChI is InChI=1S/C38H34O2P2/c1-5-15-29(16-6-1)41(30-17-7-2-8-18-30)35-25-13-23-33-37(35)38-34(40-28-27-39-33)24-14-26-36(38)42(31-19-9-3-10-20-31)32-21-11-4-12-22-32/h1-23,26,34-35H,24-25,27-28H2/t34-,35-/m0/s1. The number of benzene rings is 4. The van der Waals surface area contributed by atoms with Crippen LogP contribution in [0.1, 0.15) is 12.8 Å². The van der Waals surface area contributed by atoms with Crippen LogP contribution in [0, 0.1) is 0 Å². The van der Waals surface area contributed by atoms with Crippen molar-refractivity contribution in [1.82, 2.24) is 0 Å². The van der Waals surface area contributed by atoms with Crippen LogP contribution in [0.25, 0.3) is 0 Å². The number of hydrogen-bond acceptors (Lipinski definition) is 2. The summed E-state index contributed by atoms with van der Waals surface area (Å²) >= 11 is 0. The van der Waals surface area contributed by atoms with Gasteiger partial charge in [0.25, 0.3) is 0 Å². The van der Waals surface area contributed by atoms with Crippen LogP contribution in [0.4, 0.5) is 0 Å². The van der Waals surface area contributed by atoms with Gasteiger partial charge in [0, 0.05) is 11.2 Å². The lowest BCUT2D eigenvalue weighted by Gasteiger charge is -2.40. The van der Waals surface area contributed by atoms with Gasteiger partial charge in [-0.25, -0.2) is 0 Å². The zero-order chi connectivity index (χ0) is 28.1. The normalized spacial score (nSPS) is 20.1. The third kappa shape index (κ3) is 5.48. The van der Waals surface area contributed by atoms with E-state index in [-0.39, 0.29) is 11.8 Å². The summed E-state index contributed by atoms with van der Waals surface area (Å²) in [6.07, 6.45) is 11.2. The molecular weight excluding hydrogens is 550 g/mol. The van der Waals surface area contributed by atoms with Crippen LogP contribution in [0.15, 0.2) is 168 Å². The van der Waals surface area contributed by atoms with E-state index in [1.54, 1.807) is 0 Å². The molecule has 0 spiro atoms. The van der Waals surface area contributed by atoms with Crippen molar-refractivity contribution in [2.75, 3.05) is 13.2 Å². The van der Waals surface area contributed by atoms with Gasteiger partial charge < -0.3 is 9.47 Å². The van der Waals surface area contributed by atoms with E-state index in [4.69, 9.17) is 9.47 Å². The van der Waals surface area contributed by atoms with Crippen molar-refractivity contribution in [2.45, 2.75) is 24.6 Å². The molecule has 0 aromatic heterocycles. The van der Waals surface area contributed by atoms with Crippen LogP contribution < -0.4 is 21.2 Å². The predicted molar refractivity (Wildman–Crippen MR) is 179 cm³/mol. The largest absolute Gasteiger partial charge is 0.491 e. The molecule has 2 aliphatic carbocycles. The molecule has 1 aliphatic heterocycles. The van der Waals surface area contributed by atoms with Crippen LogP contribution in [-0.2, 0) is 9.47 Å². The Morgan fingerprint density at radius 1 is 0.524 bits per heavy atom. The summed E-state index contributed by atoms with van der Waals surface area (Å²) in [4.78, 5) is 0. The highest BCUT2D eigenvalue weighted by atomic mass is 31.1. The van der Waals surface area contributed by atoms with Gasteiger partial charge in [0.15, 0.2) is 0 Å². The molecule has 42 heavy (non-hydrogen) atoms. The van der Waals surface area contributed by atoms with E-state index < -0.39 is 15.8 Å². The minimum absolute atomic E-state index is 0.00808. The minimum atomic E-state index is -0.806. The second-order valence-corrected chi connectivity index (χ2v) is 15.2. The molecule has 0 N–H and O–H groups in total. The van der Waals surface area contributed by atoms with E-state index in [0.29, 0.717) is 13.2 Å². The van der Waals surface area contributed by atoms with Crippen molar-refractivity contribution >= 4 is 37.1 Å². The zero-order valence-electron chi connectivity index (χ0n) is 23.6. The first-order valence-corrected chi connectivity index (χ1v) is 17.5. The van der Waals surface area contributed by atoms with Crippen LogP contribution in [-0.4, -0.2) is 25.0 Å². The van der Waals surface area contributed by atoms with Crippen molar-refractivity contribution in [3.05, 3.63) is 168 Å². The van der Waals surface area contributed by atoms with E-state index in [9.17, 15) is 0 Å². The average Bonchev–Trinajstić information content (AvgIpc) is 3.05. The first-order chi connectivity index (χ1) is 20.9. The maximum Gasteiger partial charge on any atom is 0.123 e. The Hall–Kier alpha value is -3.54. The van der Waals surface area contributed by atoms with Crippen LogP contribution >= 0.6 is 15.8 Å². The molecule has 0 saturated heterocycles. The van der Waals surface area contributed by atoms with Crippen molar-refractivity contribution in [2.24, 2.45) is 0 Å². The lowest BCUT2D eigenvalue weighted by molar-refractivity contribution is 0.0335. The summed E-state index contributed by atoms with van der Waals surface area (Å²) in [7, 11) is -1.51. The van der Waals surface area contributed by atoms with Crippen molar-refractivity contribution < 1.29 is 9.47 Å². The molecular formula is C38H34O2P2. The molecule has 208 valence electrons. The maximum absolute atomic E-state index is 6.65.